The van der Waals surface area contributed by atoms with Gasteiger partial charge in [-0.3, -0.25) is 9.97 Å². The van der Waals surface area contributed by atoms with Gasteiger partial charge in [-0.2, -0.15) is 0 Å². The van der Waals surface area contributed by atoms with Crippen LogP contribution in [0.3, 0.4) is 0 Å². The molecule has 64 valence electrons. The maximum absolute atomic E-state index is 4.02. The van der Waals surface area contributed by atoms with Gasteiger partial charge in [-0.15, -0.1) is 24.0 Å². The number of aromatic nitrogens is 2. The van der Waals surface area contributed by atoms with E-state index in [0.717, 1.165) is 11.4 Å². The first-order valence-corrected chi connectivity index (χ1v) is 3.54. The molecule has 1 aromatic rings. The molecule has 0 aliphatic heterocycles. The Morgan fingerprint density at radius 2 is 1.18 bits per heavy atom. The van der Waals surface area contributed by atoms with Gasteiger partial charge in [0.25, 0.3) is 0 Å². The van der Waals surface area contributed by atoms with Crippen molar-refractivity contribution in [3.8, 4) is 0 Å². The van der Waals surface area contributed by atoms with Gasteiger partial charge in [-0.25, -0.2) is 0 Å². The molecule has 1 heterocycles. The molecule has 11 heavy (non-hydrogen) atoms. The lowest BCUT2D eigenvalue weighted by atomic mass is 10.5. The Hall–Kier alpha value is -0.190. The zero-order valence-electron chi connectivity index (χ0n) is 7.46. The maximum atomic E-state index is 4.02. The van der Waals surface area contributed by atoms with Gasteiger partial charge < -0.3 is 0 Å². The summed E-state index contributed by atoms with van der Waals surface area (Å²) in [5.74, 6) is 0. The molecule has 0 aliphatic carbocycles. The monoisotopic (exact) mass is 266 g/mol. The highest BCUT2D eigenvalue weighted by Crippen LogP contribution is 1.88. The van der Waals surface area contributed by atoms with Crippen LogP contribution < -0.4 is 0 Å². The minimum atomic E-state index is 0. The summed E-state index contributed by atoms with van der Waals surface area (Å²) >= 11 is 0. The van der Waals surface area contributed by atoms with E-state index < -0.39 is 0 Å². The largest absolute Gasteiger partial charge is 0.258 e. The Morgan fingerprint density at radius 1 is 0.909 bits per heavy atom. The van der Waals surface area contributed by atoms with Crippen molar-refractivity contribution in [2.75, 3.05) is 0 Å². The van der Waals surface area contributed by atoms with Gasteiger partial charge in [0.1, 0.15) is 0 Å². The molecule has 3 heteroatoms. The zero-order chi connectivity index (χ0) is 7.98. The van der Waals surface area contributed by atoms with E-state index >= 15 is 0 Å². The van der Waals surface area contributed by atoms with Crippen LogP contribution in [0.15, 0.2) is 12.4 Å². The molecule has 0 N–H and O–H groups in total. The second-order valence-corrected chi connectivity index (χ2v) is 1.80. The Bertz CT molecular complexity index is 151. The van der Waals surface area contributed by atoms with Gasteiger partial charge >= 0.3 is 0 Å². The predicted octanol–water partition coefficient (Wildman–Crippen LogP) is 2.74. The van der Waals surface area contributed by atoms with Crippen molar-refractivity contribution in [3.05, 3.63) is 23.8 Å². The average Bonchev–Trinajstić information content (AvgIpc) is 2.00. The Morgan fingerprint density at radius 3 is 1.36 bits per heavy atom. The first-order chi connectivity index (χ1) is 4.79. The fourth-order valence-corrected chi connectivity index (χ4v) is 0.457. The molecule has 0 unspecified atom stereocenters. The lowest BCUT2D eigenvalue weighted by molar-refractivity contribution is 1.06. The summed E-state index contributed by atoms with van der Waals surface area (Å²) in [6.07, 6.45) is 3.52. The van der Waals surface area contributed by atoms with Crippen LogP contribution in [-0.2, 0) is 0 Å². The molecule has 1 rings (SSSR count). The Kier molecular flexibility index (Phi) is 9.64. The lowest BCUT2D eigenvalue weighted by Crippen LogP contribution is -1.84. The fraction of sp³-hybridized carbons (Fsp3) is 0.500. The Labute approximate surface area is 85.5 Å². The maximum Gasteiger partial charge on any atom is 0.0555 e. The van der Waals surface area contributed by atoms with E-state index in [0.29, 0.717) is 0 Å². The molecule has 0 fully saturated rings. The number of nitrogens with zero attached hydrogens (tertiary/aromatic N) is 2. The molecule has 2 nitrogen and oxygen atoms in total. The predicted molar refractivity (Wildman–Crippen MR) is 58.3 cm³/mol. The first-order valence-electron chi connectivity index (χ1n) is 3.54. The summed E-state index contributed by atoms with van der Waals surface area (Å²) < 4.78 is 0. The lowest BCUT2D eigenvalue weighted by Gasteiger charge is -1.88. The molecule has 0 bridgehead atoms. The van der Waals surface area contributed by atoms with Crippen molar-refractivity contribution in [2.45, 2.75) is 27.7 Å². The van der Waals surface area contributed by atoms with E-state index in [1.807, 2.05) is 27.7 Å². The number of aryl methyl sites for hydroxylation is 2. The van der Waals surface area contributed by atoms with Crippen LogP contribution in [0.4, 0.5) is 0 Å². The SMILES string of the molecule is CC.Cc1cnc(C)cn1.I. The van der Waals surface area contributed by atoms with E-state index in [1.54, 1.807) is 12.4 Å². The summed E-state index contributed by atoms with van der Waals surface area (Å²) in [5, 5.41) is 0. The second kappa shape index (κ2) is 7.91. The molecule has 0 atom stereocenters. The van der Waals surface area contributed by atoms with Crippen LogP contribution in [0.2, 0.25) is 0 Å². The summed E-state index contributed by atoms with van der Waals surface area (Å²) in [6, 6.07) is 0. The van der Waals surface area contributed by atoms with Crippen LogP contribution in [0.1, 0.15) is 25.2 Å². The third-order valence-electron chi connectivity index (χ3n) is 0.910. The van der Waals surface area contributed by atoms with Crippen LogP contribution in [-0.4, -0.2) is 9.97 Å². The van der Waals surface area contributed by atoms with Crippen molar-refractivity contribution in [3.63, 3.8) is 0 Å². The number of hydrogen-bond donors (Lipinski definition) is 0. The fourth-order valence-electron chi connectivity index (χ4n) is 0.457. The zero-order valence-corrected chi connectivity index (χ0v) is 9.79. The summed E-state index contributed by atoms with van der Waals surface area (Å²) in [6.45, 7) is 7.85. The first kappa shape index (κ1) is 13.4. The molecule has 0 aromatic carbocycles. The molecule has 1 aromatic heterocycles. The molecular weight excluding hydrogens is 251 g/mol. The number of halogens is 1. The van der Waals surface area contributed by atoms with Crippen molar-refractivity contribution >= 4 is 24.0 Å². The third-order valence-corrected chi connectivity index (χ3v) is 0.910. The average molecular weight is 266 g/mol. The second-order valence-electron chi connectivity index (χ2n) is 1.80. The standard InChI is InChI=1S/C6H8N2.C2H6.HI/c1-5-3-8-6(2)4-7-5;1-2;/h3-4H,1-2H3;1-2H3;1H. The van der Waals surface area contributed by atoms with Crippen LogP contribution in [0.25, 0.3) is 0 Å². The quantitative estimate of drug-likeness (QED) is 0.675. The smallest absolute Gasteiger partial charge is 0.0555 e. The van der Waals surface area contributed by atoms with Crippen molar-refractivity contribution < 1.29 is 0 Å². The van der Waals surface area contributed by atoms with Gasteiger partial charge in [-0.1, -0.05) is 13.8 Å². The summed E-state index contributed by atoms with van der Waals surface area (Å²) in [4.78, 5) is 8.03. The summed E-state index contributed by atoms with van der Waals surface area (Å²) in [7, 11) is 0. The molecule has 0 aliphatic rings. The van der Waals surface area contributed by atoms with Gasteiger partial charge in [0.05, 0.1) is 11.4 Å². The number of hydrogen-bond acceptors (Lipinski definition) is 2. The van der Waals surface area contributed by atoms with Crippen molar-refractivity contribution in [1.29, 1.82) is 0 Å². The van der Waals surface area contributed by atoms with Gasteiger partial charge in [0.2, 0.25) is 0 Å². The minimum Gasteiger partial charge on any atom is -0.258 e. The molecule has 0 radical (unpaired) electrons. The van der Waals surface area contributed by atoms with E-state index in [9.17, 15) is 0 Å². The van der Waals surface area contributed by atoms with Crippen LogP contribution in [0, 0.1) is 13.8 Å². The third kappa shape index (κ3) is 6.22. The highest BCUT2D eigenvalue weighted by atomic mass is 127. The van der Waals surface area contributed by atoms with Gasteiger partial charge in [0, 0.05) is 12.4 Å². The Balaban J connectivity index is 0. The molecule has 0 amide bonds. The van der Waals surface area contributed by atoms with Crippen molar-refractivity contribution in [1.82, 2.24) is 9.97 Å². The molecular formula is C8H15IN2. The highest BCUT2D eigenvalue weighted by Gasteiger charge is 1.82. The summed E-state index contributed by atoms with van der Waals surface area (Å²) in [5.41, 5.74) is 1.94. The van der Waals surface area contributed by atoms with E-state index in [2.05, 4.69) is 9.97 Å². The van der Waals surface area contributed by atoms with Gasteiger partial charge in [-0.05, 0) is 13.8 Å². The molecule has 0 saturated carbocycles. The van der Waals surface area contributed by atoms with Gasteiger partial charge in [0.15, 0.2) is 0 Å². The normalized spacial score (nSPS) is 7.27. The van der Waals surface area contributed by atoms with E-state index in [4.69, 9.17) is 0 Å². The molecule has 0 saturated heterocycles. The van der Waals surface area contributed by atoms with Crippen LogP contribution in [0.5, 0.6) is 0 Å². The van der Waals surface area contributed by atoms with Crippen molar-refractivity contribution in [2.24, 2.45) is 0 Å². The van der Waals surface area contributed by atoms with E-state index in [1.165, 1.54) is 0 Å². The molecule has 0 spiro atoms. The number of rotatable bonds is 0. The van der Waals surface area contributed by atoms with Crippen LogP contribution >= 0.6 is 24.0 Å². The topological polar surface area (TPSA) is 25.8 Å². The minimum absolute atomic E-state index is 0. The highest BCUT2D eigenvalue weighted by molar-refractivity contribution is 14.0. The van der Waals surface area contributed by atoms with E-state index in [-0.39, 0.29) is 24.0 Å².